The Morgan fingerprint density at radius 1 is 1.08 bits per heavy atom. The maximum atomic E-state index is 14.4. The second kappa shape index (κ2) is 12.1. The first-order valence-electron chi connectivity index (χ1n) is 13.7. The Morgan fingerprint density at radius 3 is 2.26 bits per heavy atom. The minimum atomic E-state index is -1.11. The molecule has 2 aromatic carbocycles. The summed E-state index contributed by atoms with van der Waals surface area (Å²) in [6, 6.07) is 10.4. The Bertz CT molecular complexity index is 1200. The monoisotopic (exact) mass is 537 g/mol. The molecular weight excluding hydrogens is 494 g/mol. The molecule has 0 spiro atoms. The van der Waals surface area contributed by atoms with Gasteiger partial charge in [0, 0.05) is 17.3 Å². The van der Waals surface area contributed by atoms with Crippen LogP contribution in [-0.2, 0) is 14.3 Å². The van der Waals surface area contributed by atoms with E-state index in [1.807, 2.05) is 45.9 Å². The number of carbonyl (C=O) groups excluding carboxylic acids is 3. The van der Waals surface area contributed by atoms with Crippen molar-refractivity contribution in [1.29, 1.82) is 0 Å². The van der Waals surface area contributed by atoms with Gasteiger partial charge in [-0.1, -0.05) is 63.6 Å². The van der Waals surface area contributed by atoms with Gasteiger partial charge in [-0.05, 0) is 70.1 Å². The highest BCUT2D eigenvalue weighted by Crippen LogP contribution is 2.43. The summed E-state index contributed by atoms with van der Waals surface area (Å²) in [6.07, 6.45) is 0.645. The number of amides is 3. The molecule has 1 aliphatic carbocycles. The summed E-state index contributed by atoms with van der Waals surface area (Å²) in [5.41, 5.74) is 1.71. The first kappa shape index (κ1) is 30.0. The van der Waals surface area contributed by atoms with Gasteiger partial charge in [0.25, 0.3) is 5.91 Å². The maximum absolute atomic E-state index is 14.4. The molecule has 0 heterocycles. The van der Waals surface area contributed by atoms with Crippen LogP contribution in [0.4, 0.5) is 10.5 Å². The minimum Gasteiger partial charge on any atom is -0.507 e. The SMILES string of the molecule is CCC(C)C(NC(=O)OC(C)(C)C)C(=O)N(C(C(=O)Nc1ccccc1C)c1cccc(C)c1O)C1CC1C. The number of hydrogen-bond acceptors (Lipinski definition) is 5. The van der Waals surface area contributed by atoms with Crippen LogP contribution in [0.1, 0.15) is 77.1 Å². The Morgan fingerprint density at radius 2 is 1.69 bits per heavy atom. The topological polar surface area (TPSA) is 108 Å². The number of benzene rings is 2. The summed E-state index contributed by atoms with van der Waals surface area (Å²) >= 11 is 0. The van der Waals surface area contributed by atoms with Crippen molar-refractivity contribution in [2.75, 3.05) is 5.32 Å². The number of carbonyl (C=O) groups is 3. The molecule has 0 saturated heterocycles. The van der Waals surface area contributed by atoms with Gasteiger partial charge in [0.05, 0.1) is 0 Å². The third kappa shape index (κ3) is 7.31. The molecule has 1 aliphatic rings. The lowest BCUT2D eigenvalue weighted by atomic mass is 9.94. The highest BCUT2D eigenvalue weighted by Gasteiger charge is 2.49. The summed E-state index contributed by atoms with van der Waals surface area (Å²) < 4.78 is 5.47. The molecule has 3 N–H and O–H groups in total. The summed E-state index contributed by atoms with van der Waals surface area (Å²) in [5.74, 6) is -0.913. The van der Waals surface area contributed by atoms with E-state index in [4.69, 9.17) is 4.74 Å². The number of hydrogen-bond donors (Lipinski definition) is 3. The number of alkyl carbamates (subject to hydrolysis) is 1. The molecule has 0 radical (unpaired) electrons. The van der Waals surface area contributed by atoms with Gasteiger partial charge in [0.1, 0.15) is 23.4 Å². The van der Waals surface area contributed by atoms with Gasteiger partial charge in [0.15, 0.2) is 0 Å². The molecule has 8 nitrogen and oxygen atoms in total. The number of phenols is 1. The van der Waals surface area contributed by atoms with Gasteiger partial charge in [-0.3, -0.25) is 9.59 Å². The minimum absolute atomic E-state index is 0.0336. The molecular formula is C31H43N3O5. The molecule has 212 valence electrons. The molecule has 5 atom stereocenters. The fourth-order valence-corrected chi connectivity index (χ4v) is 4.68. The van der Waals surface area contributed by atoms with Crippen LogP contribution in [0.5, 0.6) is 5.75 Å². The zero-order chi connectivity index (χ0) is 29.1. The van der Waals surface area contributed by atoms with E-state index in [-0.39, 0.29) is 29.5 Å². The Balaban J connectivity index is 2.09. The summed E-state index contributed by atoms with van der Waals surface area (Å²) in [4.78, 5) is 42.8. The number of ether oxygens (including phenoxy) is 1. The Labute approximate surface area is 232 Å². The van der Waals surface area contributed by atoms with E-state index in [1.54, 1.807) is 56.9 Å². The van der Waals surface area contributed by atoms with Gasteiger partial charge < -0.3 is 25.4 Å². The molecule has 0 bridgehead atoms. The zero-order valence-electron chi connectivity index (χ0n) is 24.4. The molecule has 39 heavy (non-hydrogen) atoms. The van der Waals surface area contributed by atoms with Crippen molar-refractivity contribution < 1.29 is 24.2 Å². The summed E-state index contributed by atoms with van der Waals surface area (Å²) in [5, 5.41) is 16.9. The van der Waals surface area contributed by atoms with Crippen LogP contribution in [0.25, 0.3) is 0 Å². The molecule has 3 amide bonds. The highest BCUT2D eigenvalue weighted by atomic mass is 16.6. The third-order valence-corrected chi connectivity index (χ3v) is 7.32. The predicted octanol–water partition coefficient (Wildman–Crippen LogP) is 5.87. The molecule has 2 aromatic rings. The van der Waals surface area contributed by atoms with E-state index in [2.05, 4.69) is 10.6 Å². The average Bonchev–Trinajstić information content (AvgIpc) is 3.58. The van der Waals surface area contributed by atoms with E-state index in [9.17, 15) is 19.5 Å². The standard InChI is InChI=1S/C31H43N3O5/c1-9-18(2)25(33-30(38)39-31(6,7)8)29(37)34(24-17-21(24)5)26(22-15-12-14-20(4)27(22)35)28(36)32-23-16-11-10-13-19(23)3/h10-16,18,21,24-26,35H,9,17H2,1-8H3,(H,32,36)(H,33,38). The number of anilines is 1. The predicted molar refractivity (Wildman–Crippen MR) is 152 cm³/mol. The van der Waals surface area contributed by atoms with Crippen LogP contribution < -0.4 is 10.6 Å². The van der Waals surface area contributed by atoms with Crippen LogP contribution in [0.3, 0.4) is 0 Å². The molecule has 8 heteroatoms. The number of para-hydroxylation sites is 2. The first-order valence-corrected chi connectivity index (χ1v) is 13.7. The number of rotatable bonds is 9. The Hall–Kier alpha value is -3.55. The van der Waals surface area contributed by atoms with Gasteiger partial charge in [0.2, 0.25) is 5.91 Å². The smallest absolute Gasteiger partial charge is 0.408 e. The molecule has 3 rings (SSSR count). The second-order valence-electron chi connectivity index (χ2n) is 11.8. The summed E-state index contributed by atoms with van der Waals surface area (Å²) in [6.45, 7) is 14.8. The lowest BCUT2D eigenvalue weighted by Gasteiger charge is -2.37. The summed E-state index contributed by atoms with van der Waals surface area (Å²) in [7, 11) is 0. The first-order chi connectivity index (χ1) is 18.2. The van der Waals surface area contributed by atoms with E-state index in [0.717, 1.165) is 5.56 Å². The van der Waals surface area contributed by atoms with E-state index >= 15 is 0 Å². The van der Waals surface area contributed by atoms with Crippen LogP contribution in [0.2, 0.25) is 0 Å². The molecule has 5 unspecified atom stereocenters. The van der Waals surface area contributed by atoms with Gasteiger partial charge in [-0.25, -0.2) is 4.79 Å². The number of aryl methyl sites for hydroxylation is 2. The van der Waals surface area contributed by atoms with Crippen molar-refractivity contribution >= 4 is 23.6 Å². The largest absolute Gasteiger partial charge is 0.507 e. The maximum Gasteiger partial charge on any atom is 0.408 e. The molecule has 1 saturated carbocycles. The fourth-order valence-electron chi connectivity index (χ4n) is 4.68. The number of phenolic OH excluding ortho intramolecular Hbond substituents is 1. The van der Waals surface area contributed by atoms with Crippen molar-refractivity contribution in [3.05, 3.63) is 59.2 Å². The van der Waals surface area contributed by atoms with Crippen LogP contribution in [-0.4, -0.2) is 45.6 Å². The zero-order valence-corrected chi connectivity index (χ0v) is 24.4. The highest BCUT2D eigenvalue weighted by molar-refractivity contribution is 6.00. The number of nitrogens with one attached hydrogen (secondary N) is 2. The van der Waals surface area contributed by atoms with Crippen molar-refractivity contribution in [2.24, 2.45) is 11.8 Å². The lowest BCUT2D eigenvalue weighted by molar-refractivity contribution is -0.142. The normalized spacial score (nSPS) is 18.9. The van der Waals surface area contributed by atoms with Gasteiger partial charge in [-0.2, -0.15) is 0 Å². The van der Waals surface area contributed by atoms with Crippen molar-refractivity contribution in [3.63, 3.8) is 0 Å². The Kier molecular flexibility index (Phi) is 9.30. The van der Waals surface area contributed by atoms with Crippen molar-refractivity contribution in [1.82, 2.24) is 10.2 Å². The van der Waals surface area contributed by atoms with Crippen molar-refractivity contribution in [3.8, 4) is 5.75 Å². The van der Waals surface area contributed by atoms with Crippen LogP contribution in [0, 0.1) is 25.7 Å². The molecule has 0 aromatic heterocycles. The quantitative estimate of drug-likeness (QED) is 0.371. The van der Waals surface area contributed by atoms with E-state index < -0.39 is 29.7 Å². The fraction of sp³-hybridized carbons (Fsp3) is 0.516. The van der Waals surface area contributed by atoms with Crippen LogP contribution >= 0.6 is 0 Å². The van der Waals surface area contributed by atoms with Crippen LogP contribution in [0.15, 0.2) is 42.5 Å². The third-order valence-electron chi connectivity index (χ3n) is 7.32. The van der Waals surface area contributed by atoms with Gasteiger partial charge >= 0.3 is 6.09 Å². The lowest BCUT2D eigenvalue weighted by Crippen LogP contribution is -2.55. The van der Waals surface area contributed by atoms with E-state index in [0.29, 0.717) is 29.7 Å². The average molecular weight is 538 g/mol. The van der Waals surface area contributed by atoms with Gasteiger partial charge in [-0.15, -0.1) is 0 Å². The number of nitrogens with zero attached hydrogens (tertiary/aromatic N) is 1. The van der Waals surface area contributed by atoms with E-state index in [1.165, 1.54) is 0 Å². The second-order valence-corrected chi connectivity index (χ2v) is 11.8. The molecule has 1 fully saturated rings. The molecule has 0 aliphatic heterocycles. The van der Waals surface area contributed by atoms with Crippen molar-refractivity contribution in [2.45, 2.75) is 92.0 Å². The number of aromatic hydroxyl groups is 1.